The number of halogens is 3. The zero-order valence-corrected chi connectivity index (χ0v) is 20.0. The number of nitrogens with one attached hydrogen (secondary N) is 1. The molecule has 0 spiro atoms. The van der Waals surface area contributed by atoms with Crippen LogP contribution < -0.4 is 14.8 Å². The van der Waals surface area contributed by atoms with Gasteiger partial charge >= 0.3 is 6.18 Å². The molecule has 2 heterocycles. The fourth-order valence-corrected chi connectivity index (χ4v) is 4.87. The van der Waals surface area contributed by atoms with Gasteiger partial charge in [-0.25, -0.2) is 0 Å². The van der Waals surface area contributed by atoms with Crippen LogP contribution in [0.15, 0.2) is 66.7 Å². The predicted molar refractivity (Wildman–Crippen MR) is 129 cm³/mol. The van der Waals surface area contributed by atoms with Gasteiger partial charge in [-0.1, -0.05) is 42.5 Å². The lowest BCUT2D eigenvalue weighted by Gasteiger charge is -2.19. The highest BCUT2D eigenvalue weighted by Crippen LogP contribution is 2.37. The van der Waals surface area contributed by atoms with E-state index in [2.05, 4.69) is 5.32 Å². The van der Waals surface area contributed by atoms with Gasteiger partial charge in [-0.2, -0.15) is 13.2 Å². The minimum Gasteiger partial charge on any atom is -0.454 e. The van der Waals surface area contributed by atoms with E-state index < -0.39 is 23.6 Å². The van der Waals surface area contributed by atoms with Crippen molar-refractivity contribution in [1.82, 2.24) is 10.2 Å². The van der Waals surface area contributed by atoms with Crippen molar-refractivity contribution in [3.8, 4) is 11.5 Å². The molecule has 2 aliphatic rings. The summed E-state index contributed by atoms with van der Waals surface area (Å²) in [6.07, 6.45) is -4.51. The quantitative estimate of drug-likeness (QED) is 0.530. The molecule has 1 N–H and O–H groups in total. The maximum atomic E-state index is 13.4. The van der Waals surface area contributed by atoms with Crippen LogP contribution in [0.2, 0.25) is 0 Å². The molecule has 3 aromatic rings. The molecule has 2 amide bonds. The van der Waals surface area contributed by atoms with Crippen molar-refractivity contribution < 1.29 is 32.2 Å². The van der Waals surface area contributed by atoms with Gasteiger partial charge in [-0.3, -0.25) is 9.59 Å². The van der Waals surface area contributed by atoms with Crippen molar-refractivity contribution in [2.45, 2.75) is 25.6 Å². The van der Waals surface area contributed by atoms with E-state index in [9.17, 15) is 22.8 Å². The summed E-state index contributed by atoms with van der Waals surface area (Å²) in [6, 6.07) is 17.5. The van der Waals surface area contributed by atoms with Gasteiger partial charge in [0.05, 0.1) is 11.5 Å². The molecule has 1 saturated heterocycles. The first-order valence-corrected chi connectivity index (χ1v) is 11.9. The van der Waals surface area contributed by atoms with Gasteiger partial charge in [-0.15, -0.1) is 0 Å². The molecule has 3 aromatic carbocycles. The highest BCUT2D eigenvalue weighted by molar-refractivity contribution is 5.96. The molecule has 0 aliphatic carbocycles. The summed E-state index contributed by atoms with van der Waals surface area (Å²) < 4.78 is 51.0. The molecule has 2 aliphatic heterocycles. The molecule has 0 aromatic heterocycles. The molecule has 0 saturated carbocycles. The van der Waals surface area contributed by atoms with Crippen molar-refractivity contribution in [3.63, 3.8) is 0 Å². The van der Waals surface area contributed by atoms with E-state index in [1.807, 2.05) is 19.1 Å². The summed E-state index contributed by atoms with van der Waals surface area (Å²) in [6.45, 7) is 2.39. The monoisotopic (exact) mass is 510 g/mol. The Labute approximate surface area is 212 Å². The molecule has 6 nitrogen and oxygen atoms in total. The van der Waals surface area contributed by atoms with Gasteiger partial charge in [0.2, 0.25) is 12.7 Å². The Morgan fingerprint density at radius 1 is 0.973 bits per heavy atom. The van der Waals surface area contributed by atoms with E-state index in [4.69, 9.17) is 9.47 Å². The zero-order chi connectivity index (χ0) is 26.2. The van der Waals surface area contributed by atoms with Crippen LogP contribution in [-0.2, 0) is 17.5 Å². The molecule has 9 heteroatoms. The van der Waals surface area contributed by atoms with Crippen LogP contribution >= 0.6 is 0 Å². The van der Waals surface area contributed by atoms with Crippen LogP contribution in [0.3, 0.4) is 0 Å². The van der Waals surface area contributed by atoms with Crippen molar-refractivity contribution in [3.05, 3.63) is 94.5 Å². The fraction of sp³-hybridized carbons (Fsp3) is 0.286. The molecule has 37 heavy (non-hydrogen) atoms. The standard InChI is InChI=1S/C28H25F3N2O4/c1-17-5-2-3-8-21(17)27(35)33-14-22(19-6-4-7-20(12-19)28(29,30)31)23(15-33)26(34)32-13-18-9-10-24-25(11-18)37-16-36-24/h2-12,22-23H,13-16H2,1H3,(H,32,34)/t22-,23+/m0/s1. The van der Waals surface area contributed by atoms with E-state index in [1.165, 1.54) is 6.07 Å². The van der Waals surface area contributed by atoms with Crippen molar-refractivity contribution in [2.75, 3.05) is 19.9 Å². The highest BCUT2D eigenvalue weighted by atomic mass is 19.4. The third-order valence-corrected chi connectivity index (χ3v) is 6.87. The Balaban J connectivity index is 1.39. The number of amides is 2. The first kappa shape index (κ1) is 24.7. The minimum atomic E-state index is -4.51. The number of aryl methyl sites for hydroxylation is 1. The zero-order valence-electron chi connectivity index (χ0n) is 20.0. The number of hydrogen-bond acceptors (Lipinski definition) is 4. The maximum Gasteiger partial charge on any atom is 0.416 e. The average Bonchev–Trinajstić information content (AvgIpc) is 3.54. The number of likely N-dealkylation sites (tertiary alicyclic amines) is 1. The van der Waals surface area contributed by atoms with Gasteiger partial charge in [0.1, 0.15) is 0 Å². The Kier molecular flexibility index (Phi) is 6.54. The molecular weight excluding hydrogens is 485 g/mol. The lowest BCUT2D eigenvalue weighted by Crippen LogP contribution is -2.35. The van der Waals surface area contributed by atoms with Crippen LogP contribution in [0.4, 0.5) is 13.2 Å². The van der Waals surface area contributed by atoms with E-state index in [-0.39, 0.29) is 38.2 Å². The summed E-state index contributed by atoms with van der Waals surface area (Å²) >= 11 is 0. The van der Waals surface area contributed by atoms with Crippen LogP contribution in [0.5, 0.6) is 11.5 Å². The van der Waals surface area contributed by atoms with E-state index >= 15 is 0 Å². The largest absolute Gasteiger partial charge is 0.454 e. The number of benzene rings is 3. The number of ether oxygens (including phenoxy) is 2. The van der Waals surface area contributed by atoms with Crippen molar-refractivity contribution in [2.24, 2.45) is 5.92 Å². The second kappa shape index (κ2) is 9.80. The first-order valence-electron chi connectivity index (χ1n) is 11.9. The minimum absolute atomic E-state index is 0.0983. The maximum absolute atomic E-state index is 13.4. The number of hydrogen-bond donors (Lipinski definition) is 1. The van der Waals surface area contributed by atoms with Gasteiger partial charge in [0.15, 0.2) is 11.5 Å². The van der Waals surface area contributed by atoms with Crippen LogP contribution in [-0.4, -0.2) is 36.6 Å². The van der Waals surface area contributed by atoms with E-state index in [1.54, 1.807) is 41.3 Å². The highest BCUT2D eigenvalue weighted by Gasteiger charge is 2.41. The number of nitrogens with zero attached hydrogens (tertiary/aromatic N) is 1. The van der Waals surface area contributed by atoms with E-state index in [0.717, 1.165) is 23.3 Å². The third-order valence-electron chi connectivity index (χ3n) is 6.87. The van der Waals surface area contributed by atoms with Crippen molar-refractivity contribution in [1.29, 1.82) is 0 Å². The van der Waals surface area contributed by atoms with Gasteiger partial charge in [0, 0.05) is 31.1 Å². The molecule has 2 atom stereocenters. The smallest absolute Gasteiger partial charge is 0.416 e. The average molecular weight is 511 g/mol. The summed E-state index contributed by atoms with van der Waals surface area (Å²) in [5.41, 5.74) is 1.68. The predicted octanol–water partition coefficient (Wildman–Crippen LogP) is 4.91. The summed E-state index contributed by atoms with van der Waals surface area (Å²) in [4.78, 5) is 28.2. The molecule has 5 rings (SSSR count). The molecule has 192 valence electrons. The molecule has 0 unspecified atom stereocenters. The Bertz CT molecular complexity index is 1340. The summed E-state index contributed by atoms with van der Waals surface area (Å²) in [5, 5.41) is 2.89. The lowest BCUT2D eigenvalue weighted by molar-refractivity contribution is -0.137. The Morgan fingerprint density at radius 2 is 1.76 bits per heavy atom. The third kappa shape index (κ3) is 5.12. The van der Waals surface area contributed by atoms with E-state index in [0.29, 0.717) is 22.6 Å². The second-order valence-corrected chi connectivity index (χ2v) is 9.27. The lowest BCUT2D eigenvalue weighted by atomic mass is 9.87. The number of rotatable bonds is 5. The normalized spacial score (nSPS) is 18.6. The topological polar surface area (TPSA) is 67.9 Å². The summed E-state index contributed by atoms with van der Waals surface area (Å²) in [5.74, 6) is -0.677. The fourth-order valence-electron chi connectivity index (χ4n) is 4.87. The molecule has 0 bridgehead atoms. The Hall–Kier alpha value is -4.01. The van der Waals surface area contributed by atoms with Crippen molar-refractivity contribution >= 4 is 11.8 Å². The molecule has 1 fully saturated rings. The first-order chi connectivity index (χ1) is 17.7. The number of carbonyl (C=O) groups is 2. The number of carbonyl (C=O) groups excluding carboxylic acids is 2. The number of alkyl halides is 3. The SMILES string of the molecule is Cc1ccccc1C(=O)N1C[C@@H](C(=O)NCc2ccc3c(c2)OCO3)[C@H](c2cccc(C(F)(F)F)c2)C1. The number of fused-ring (bicyclic) bond motifs is 1. The van der Waals surface area contributed by atoms with Crippen LogP contribution in [0.25, 0.3) is 0 Å². The second-order valence-electron chi connectivity index (χ2n) is 9.27. The molecular formula is C28H25F3N2O4. The van der Waals surface area contributed by atoms with Crippen LogP contribution in [0.1, 0.15) is 38.5 Å². The van der Waals surface area contributed by atoms with Gasteiger partial charge in [-0.05, 0) is 47.9 Å². The van der Waals surface area contributed by atoms with Crippen LogP contribution in [0, 0.1) is 12.8 Å². The Morgan fingerprint density at radius 3 is 2.54 bits per heavy atom. The summed E-state index contributed by atoms with van der Waals surface area (Å²) in [7, 11) is 0. The van der Waals surface area contributed by atoms with Gasteiger partial charge in [0.25, 0.3) is 5.91 Å². The van der Waals surface area contributed by atoms with Gasteiger partial charge < -0.3 is 19.7 Å². The molecule has 0 radical (unpaired) electrons.